The predicted octanol–water partition coefficient (Wildman–Crippen LogP) is 0.105. The molecule has 0 atom stereocenters. The summed E-state index contributed by atoms with van der Waals surface area (Å²) >= 11 is 0. The molecule has 6 heteroatoms. The minimum absolute atomic E-state index is 0.0672. The van der Waals surface area contributed by atoms with Gasteiger partial charge >= 0.3 is 5.97 Å². The number of hydrogen-bond donors (Lipinski definition) is 1. The summed E-state index contributed by atoms with van der Waals surface area (Å²) in [6, 6.07) is 0.0672. The highest BCUT2D eigenvalue weighted by molar-refractivity contribution is 7.91. The summed E-state index contributed by atoms with van der Waals surface area (Å²) in [4.78, 5) is 11.4. The van der Waals surface area contributed by atoms with E-state index in [1.807, 2.05) is 0 Å². The molecular weight excluding hydrogens is 230 g/mol. The Morgan fingerprint density at radius 3 is 2.25 bits per heavy atom. The molecule has 0 amide bonds. The number of ether oxygens (including phenoxy) is 1. The minimum Gasteiger partial charge on any atom is -0.468 e. The molecule has 1 fully saturated rings. The van der Waals surface area contributed by atoms with Crippen molar-refractivity contribution in [1.29, 1.82) is 0 Å². The summed E-state index contributed by atoms with van der Waals surface area (Å²) in [5, 5.41) is 3.14. The van der Waals surface area contributed by atoms with Crippen molar-refractivity contribution in [3.63, 3.8) is 0 Å². The van der Waals surface area contributed by atoms with Crippen LogP contribution in [-0.2, 0) is 19.4 Å². The molecule has 1 heterocycles. The lowest BCUT2D eigenvalue weighted by atomic mass is 10.0. The van der Waals surface area contributed by atoms with E-state index in [1.165, 1.54) is 7.11 Å². The van der Waals surface area contributed by atoms with E-state index in [0.717, 1.165) is 0 Å². The average molecular weight is 249 g/mol. The Kier molecular flexibility index (Phi) is 3.96. The van der Waals surface area contributed by atoms with Gasteiger partial charge in [0.1, 0.15) is 15.4 Å². The maximum absolute atomic E-state index is 11.4. The van der Waals surface area contributed by atoms with Crippen molar-refractivity contribution in [2.75, 3.05) is 18.6 Å². The Balaban J connectivity index is 2.54. The maximum Gasteiger partial charge on any atom is 0.325 e. The van der Waals surface area contributed by atoms with E-state index in [0.29, 0.717) is 12.8 Å². The highest BCUT2D eigenvalue weighted by Crippen LogP contribution is 2.16. The van der Waals surface area contributed by atoms with Crippen molar-refractivity contribution in [2.45, 2.75) is 38.3 Å². The van der Waals surface area contributed by atoms with Gasteiger partial charge in [-0.2, -0.15) is 0 Å². The topological polar surface area (TPSA) is 72.5 Å². The summed E-state index contributed by atoms with van der Waals surface area (Å²) in [6.45, 7) is 3.48. The lowest BCUT2D eigenvalue weighted by Gasteiger charge is -2.31. The number of nitrogens with one attached hydrogen (secondary N) is 1. The van der Waals surface area contributed by atoms with Gasteiger partial charge in [-0.25, -0.2) is 8.42 Å². The summed E-state index contributed by atoms with van der Waals surface area (Å²) in [7, 11) is -1.51. The third-order valence-electron chi connectivity index (χ3n) is 2.82. The molecule has 0 spiro atoms. The van der Waals surface area contributed by atoms with E-state index in [4.69, 9.17) is 0 Å². The molecule has 0 aromatic carbocycles. The Morgan fingerprint density at radius 2 is 1.81 bits per heavy atom. The highest BCUT2D eigenvalue weighted by Gasteiger charge is 2.33. The third-order valence-corrected chi connectivity index (χ3v) is 4.53. The van der Waals surface area contributed by atoms with E-state index < -0.39 is 15.4 Å². The lowest BCUT2D eigenvalue weighted by Crippen LogP contribution is -2.53. The molecule has 5 nitrogen and oxygen atoms in total. The van der Waals surface area contributed by atoms with Gasteiger partial charge in [-0.3, -0.25) is 10.1 Å². The van der Waals surface area contributed by atoms with E-state index in [1.54, 1.807) is 13.8 Å². The molecule has 0 radical (unpaired) electrons. The first-order valence-electron chi connectivity index (χ1n) is 5.33. The summed E-state index contributed by atoms with van der Waals surface area (Å²) < 4.78 is 27.1. The van der Waals surface area contributed by atoms with Gasteiger partial charge in [0.05, 0.1) is 18.6 Å². The molecule has 0 aromatic heterocycles. The van der Waals surface area contributed by atoms with Crippen molar-refractivity contribution in [3.8, 4) is 0 Å². The van der Waals surface area contributed by atoms with Gasteiger partial charge in [0.15, 0.2) is 0 Å². The van der Waals surface area contributed by atoms with Gasteiger partial charge in [0.25, 0.3) is 0 Å². The van der Waals surface area contributed by atoms with Crippen LogP contribution < -0.4 is 5.32 Å². The van der Waals surface area contributed by atoms with Crippen LogP contribution in [0, 0.1) is 0 Å². The van der Waals surface area contributed by atoms with E-state index in [-0.39, 0.29) is 23.5 Å². The number of rotatable bonds is 3. The quantitative estimate of drug-likeness (QED) is 0.718. The fourth-order valence-corrected chi connectivity index (χ4v) is 3.35. The van der Waals surface area contributed by atoms with Crippen molar-refractivity contribution in [1.82, 2.24) is 5.32 Å². The number of sulfone groups is 1. The first-order chi connectivity index (χ1) is 7.27. The molecule has 1 N–H and O–H groups in total. The van der Waals surface area contributed by atoms with Crippen LogP contribution in [0.3, 0.4) is 0 Å². The molecule has 0 aliphatic carbocycles. The smallest absolute Gasteiger partial charge is 0.325 e. The van der Waals surface area contributed by atoms with Gasteiger partial charge in [-0.15, -0.1) is 0 Å². The molecule has 16 heavy (non-hydrogen) atoms. The lowest BCUT2D eigenvalue weighted by molar-refractivity contribution is -0.147. The zero-order valence-electron chi connectivity index (χ0n) is 9.95. The predicted molar refractivity (Wildman–Crippen MR) is 60.9 cm³/mol. The SMILES string of the molecule is COC(=O)C(C)(C)NC1CCS(=O)(=O)CC1. The molecule has 94 valence electrons. The Bertz CT molecular complexity index is 347. The van der Waals surface area contributed by atoms with E-state index in [9.17, 15) is 13.2 Å². The molecule has 1 aliphatic heterocycles. The Labute approximate surface area is 96.5 Å². The number of carbonyl (C=O) groups excluding carboxylic acids is 1. The standard InChI is InChI=1S/C10H19NO4S/c1-10(2,9(12)15-3)11-8-4-6-16(13,14)7-5-8/h8,11H,4-7H2,1-3H3. The molecule has 0 saturated carbocycles. The van der Waals surface area contributed by atoms with Crippen LogP contribution in [0.1, 0.15) is 26.7 Å². The second-order valence-corrected chi connectivity index (χ2v) is 6.99. The molecule has 0 aromatic rings. The molecule has 0 unspecified atom stereocenters. The van der Waals surface area contributed by atoms with E-state index >= 15 is 0 Å². The number of methoxy groups -OCH3 is 1. The number of carbonyl (C=O) groups is 1. The molecule has 1 aliphatic rings. The first-order valence-corrected chi connectivity index (χ1v) is 7.15. The second-order valence-electron chi connectivity index (χ2n) is 4.69. The van der Waals surface area contributed by atoms with Crippen molar-refractivity contribution < 1.29 is 17.9 Å². The summed E-state index contributed by atoms with van der Waals surface area (Å²) in [6.07, 6.45) is 1.12. The number of hydrogen-bond acceptors (Lipinski definition) is 5. The molecule has 1 saturated heterocycles. The fraction of sp³-hybridized carbons (Fsp3) is 0.900. The monoisotopic (exact) mass is 249 g/mol. The minimum atomic E-state index is -2.85. The third kappa shape index (κ3) is 3.45. The first kappa shape index (κ1) is 13.4. The molecular formula is C10H19NO4S. The van der Waals surface area contributed by atoms with Crippen LogP contribution in [0.15, 0.2) is 0 Å². The zero-order chi connectivity index (χ0) is 12.4. The van der Waals surface area contributed by atoms with Crippen molar-refractivity contribution in [3.05, 3.63) is 0 Å². The maximum atomic E-state index is 11.4. The zero-order valence-corrected chi connectivity index (χ0v) is 10.8. The Hall–Kier alpha value is -0.620. The van der Waals surface area contributed by atoms with Gasteiger partial charge in [-0.05, 0) is 26.7 Å². The summed E-state index contributed by atoms with van der Waals surface area (Å²) in [5.74, 6) is 0.0602. The number of esters is 1. The van der Waals surface area contributed by atoms with Crippen LogP contribution in [0.5, 0.6) is 0 Å². The normalized spacial score (nSPS) is 21.7. The van der Waals surface area contributed by atoms with Crippen LogP contribution in [-0.4, -0.2) is 44.6 Å². The Morgan fingerprint density at radius 1 is 1.31 bits per heavy atom. The van der Waals surface area contributed by atoms with Gasteiger partial charge in [-0.1, -0.05) is 0 Å². The van der Waals surface area contributed by atoms with Crippen molar-refractivity contribution >= 4 is 15.8 Å². The van der Waals surface area contributed by atoms with Crippen LogP contribution in [0.25, 0.3) is 0 Å². The van der Waals surface area contributed by atoms with Crippen LogP contribution in [0.2, 0.25) is 0 Å². The highest BCUT2D eigenvalue weighted by atomic mass is 32.2. The summed E-state index contributed by atoms with van der Waals surface area (Å²) in [5.41, 5.74) is -0.763. The fourth-order valence-electron chi connectivity index (χ4n) is 1.86. The molecule has 1 rings (SSSR count). The van der Waals surface area contributed by atoms with Gasteiger partial charge in [0, 0.05) is 6.04 Å². The van der Waals surface area contributed by atoms with E-state index in [2.05, 4.69) is 10.1 Å². The second kappa shape index (κ2) is 4.71. The van der Waals surface area contributed by atoms with Crippen LogP contribution in [0.4, 0.5) is 0 Å². The molecule has 0 bridgehead atoms. The van der Waals surface area contributed by atoms with Gasteiger partial charge in [0.2, 0.25) is 0 Å². The van der Waals surface area contributed by atoms with Crippen molar-refractivity contribution in [2.24, 2.45) is 0 Å². The average Bonchev–Trinajstić information content (AvgIpc) is 2.20. The van der Waals surface area contributed by atoms with Gasteiger partial charge < -0.3 is 4.74 Å². The van der Waals surface area contributed by atoms with Crippen LogP contribution >= 0.6 is 0 Å². The largest absolute Gasteiger partial charge is 0.468 e.